The first kappa shape index (κ1) is 24.9. The van der Waals surface area contributed by atoms with E-state index in [0.29, 0.717) is 24.9 Å². The fraction of sp³-hybridized carbons (Fsp3) is 0.577. The van der Waals surface area contributed by atoms with E-state index in [1.165, 1.54) is 19.3 Å². The topological polar surface area (TPSA) is 87.7 Å². The summed E-state index contributed by atoms with van der Waals surface area (Å²) in [5.74, 6) is 5.54. The van der Waals surface area contributed by atoms with Crippen LogP contribution >= 0.6 is 0 Å². The van der Waals surface area contributed by atoms with Crippen molar-refractivity contribution in [2.24, 2.45) is 0 Å². The van der Waals surface area contributed by atoms with Crippen LogP contribution in [0.4, 0.5) is 0 Å². The molecule has 2 aliphatic heterocycles. The van der Waals surface area contributed by atoms with Crippen LogP contribution < -0.4 is 10.6 Å². The molecule has 3 rings (SSSR count). The number of hydrogen-bond acceptors (Lipinski definition) is 5. The summed E-state index contributed by atoms with van der Waals surface area (Å²) in [5.41, 5.74) is 2.29. The number of hydrogen-bond donors (Lipinski definition) is 2. The molecule has 0 radical (unpaired) electrons. The van der Waals surface area contributed by atoms with E-state index < -0.39 is 11.9 Å². The minimum atomic E-state index is -0.604. The molecule has 2 heterocycles. The number of fused-ring (bicyclic) bond motifs is 1. The molecule has 7 nitrogen and oxygen atoms in total. The molecule has 0 aromatic heterocycles. The van der Waals surface area contributed by atoms with Crippen molar-refractivity contribution in [3.8, 4) is 11.8 Å². The first-order valence-electron chi connectivity index (χ1n) is 12.2. The van der Waals surface area contributed by atoms with Crippen molar-refractivity contribution in [1.29, 1.82) is 0 Å². The quantitative estimate of drug-likeness (QED) is 0.289. The molecular formula is C26H35N3O4. The number of ether oxygens (including phenoxy) is 1. The van der Waals surface area contributed by atoms with Gasteiger partial charge in [0.15, 0.2) is 0 Å². The van der Waals surface area contributed by atoms with Crippen LogP contribution in [0.1, 0.15) is 79.8 Å². The summed E-state index contributed by atoms with van der Waals surface area (Å²) in [5, 5.41) is 5.72. The van der Waals surface area contributed by atoms with Gasteiger partial charge in [-0.1, -0.05) is 44.1 Å². The van der Waals surface area contributed by atoms with E-state index in [1.807, 2.05) is 12.1 Å². The third kappa shape index (κ3) is 7.15. The van der Waals surface area contributed by atoms with Gasteiger partial charge in [0.2, 0.25) is 11.8 Å². The summed E-state index contributed by atoms with van der Waals surface area (Å²) < 4.78 is 5.64. The SMILES string of the molecule is CCCCCCOCCCNCCC#Cc1cccc2c1CN(C1CCC(=O)NC1=O)C2=O. The Morgan fingerprint density at radius 1 is 1.12 bits per heavy atom. The van der Waals surface area contributed by atoms with Crippen molar-refractivity contribution < 1.29 is 19.1 Å². The summed E-state index contributed by atoms with van der Waals surface area (Å²) >= 11 is 0. The molecule has 1 atom stereocenters. The molecule has 1 aromatic carbocycles. The van der Waals surface area contributed by atoms with Crippen molar-refractivity contribution in [3.63, 3.8) is 0 Å². The summed E-state index contributed by atoms with van der Waals surface area (Å²) in [6.07, 6.45) is 7.25. The summed E-state index contributed by atoms with van der Waals surface area (Å²) in [6, 6.07) is 4.92. The fourth-order valence-corrected chi connectivity index (χ4v) is 4.17. The summed E-state index contributed by atoms with van der Waals surface area (Å²) in [4.78, 5) is 38.1. The average molecular weight is 454 g/mol. The standard InChI is InChI=1S/C26H35N3O4/c1-2-3-4-7-17-33-18-9-16-27-15-6-5-10-20-11-8-12-21-22(20)19-29(26(21)32)23-13-14-24(30)28-25(23)31/h8,11-12,23,27H,2-4,6-7,9,13-19H2,1H3,(H,28,30,31). The van der Waals surface area contributed by atoms with Crippen LogP contribution in [0.25, 0.3) is 0 Å². The van der Waals surface area contributed by atoms with Gasteiger partial charge in [0.1, 0.15) is 6.04 Å². The lowest BCUT2D eigenvalue weighted by atomic mass is 10.0. The highest BCUT2D eigenvalue weighted by atomic mass is 16.5. The van der Waals surface area contributed by atoms with Crippen molar-refractivity contribution >= 4 is 17.7 Å². The molecule has 1 unspecified atom stereocenters. The van der Waals surface area contributed by atoms with Crippen LogP contribution in [0.3, 0.4) is 0 Å². The minimum Gasteiger partial charge on any atom is -0.381 e. The third-order valence-electron chi connectivity index (χ3n) is 6.02. The van der Waals surface area contributed by atoms with Gasteiger partial charge >= 0.3 is 0 Å². The van der Waals surface area contributed by atoms with Gasteiger partial charge in [-0.2, -0.15) is 0 Å². The molecule has 1 saturated heterocycles. The molecule has 2 aliphatic rings. The second-order valence-corrected chi connectivity index (χ2v) is 8.56. The lowest BCUT2D eigenvalue weighted by Gasteiger charge is -2.29. The molecule has 1 aromatic rings. The van der Waals surface area contributed by atoms with E-state index in [9.17, 15) is 14.4 Å². The van der Waals surface area contributed by atoms with Crippen LogP contribution in [0.15, 0.2) is 18.2 Å². The maximum atomic E-state index is 12.9. The van der Waals surface area contributed by atoms with Crippen LogP contribution in [-0.4, -0.2) is 55.0 Å². The highest BCUT2D eigenvalue weighted by molar-refractivity contribution is 6.05. The van der Waals surface area contributed by atoms with E-state index in [2.05, 4.69) is 29.4 Å². The number of rotatable bonds is 12. The molecule has 0 spiro atoms. The maximum Gasteiger partial charge on any atom is 0.255 e. The Morgan fingerprint density at radius 2 is 1.97 bits per heavy atom. The van der Waals surface area contributed by atoms with Crippen LogP contribution in [0.5, 0.6) is 0 Å². The fourth-order valence-electron chi connectivity index (χ4n) is 4.17. The van der Waals surface area contributed by atoms with Crippen molar-refractivity contribution in [2.45, 2.75) is 70.9 Å². The largest absolute Gasteiger partial charge is 0.381 e. The zero-order valence-corrected chi connectivity index (χ0v) is 19.6. The summed E-state index contributed by atoms with van der Waals surface area (Å²) in [7, 11) is 0. The number of nitrogens with zero attached hydrogens (tertiary/aromatic N) is 1. The molecule has 1 fully saturated rings. The van der Waals surface area contributed by atoms with Gasteiger partial charge in [-0.3, -0.25) is 19.7 Å². The predicted octanol–water partition coefficient (Wildman–Crippen LogP) is 2.77. The van der Waals surface area contributed by atoms with E-state index in [0.717, 1.165) is 50.3 Å². The Balaban J connectivity index is 1.40. The smallest absolute Gasteiger partial charge is 0.255 e. The Labute approximate surface area is 196 Å². The van der Waals surface area contributed by atoms with Gasteiger partial charge in [0, 0.05) is 50.3 Å². The highest BCUT2D eigenvalue weighted by Gasteiger charge is 2.39. The van der Waals surface area contributed by atoms with Gasteiger partial charge in [-0.15, -0.1) is 0 Å². The number of carbonyl (C=O) groups excluding carboxylic acids is 3. The zero-order valence-electron chi connectivity index (χ0n) is 19.6. The maximum absolute atomic E-state index is 12.9. The van der Waals surface area contributed by atoms with Crippen LogP contribution in [-0.2, 0) is 20.9 Å². The van der Waals surface area contributed by atoms with E-state index in [4.69, 9.17) is 4.74 Å². The van der Waals surface area contributed by atoms with E-state index in [1.54, 1.807) is 11.0 Å². The predicted molar refractivity (Wildman–Crippen MR) is 126 cm³/mol. The lowest BCUT2D eigenvalue weighted by Crippen LogP contribution is -2.52. The molecule has 0 aliphatic carbocycles. The monoisotopic (exact) mass is 453 g/mol. The van der Waals surface area contributed by atoms with Crippen LogP contribution in [0.2, 0.25) is 0 Å². The number of benzene rings is 1. The normalized spacial score (nSPS) is 17.5. The Hall–Kier alpha value is -2.69. The van der Waals surface area contributed by atoms with E-state index >= 15 is 0 Å². The molecule has 0 saturated carbocycles. The number of amides is 3. The number of carbonyl (C=O) groups is 3. The minimum absolute atomic E-state index is 0.169. The lowest BCUT2D eigenvalue weighted by molar-refractivity contribution is -0.136. The van der Waals surface area contributed by atoms with Crippen molar-refractivity contribution in [1.82, 2.24) is 15.5 Å². The van der Waals surface area contributed by atoms with Gasteiger partial charge in [0.05, 0.1) is 0 Å². The highest BCUT2D eigenvalue weighted by Crippen LogP contribution is 2.29. The molecule has 33 heavy (non-hydrogen) atoms. The molecular weight excluding hydrogens is 418 g/mol. The Bertz CT molecular complexity index is 903. The van der Waals surface area contributed by atoms with E-state index in [-0.39, 0.29) is 18.2 Å². The Morgan fingerprint density at radius 3 is 2.79 bits per heavy atom. The third-order valence-corrected chi connectivity index (χ3v) is 6.02. The van der Waals surface area contributed by atoms with Crippen molar-refractivity contribution in [2.75, 3.05) is 26.3 Å². The molecule has 178 valence electrons. The van der Waals surface area contributed by atoms with Gasteiger partial charge < -0.3 is 15.0 Å². The first-order valence-corrected chi connectivity index (χ1v) is 12.2. The number of unbranched alkanes of at least 4 members (excludes halogenated alkanes) is 3. The second-order valence-electron chi connectivity index (χ2n) is 8.56. The molecule has 3 amide bonds. The molecule has 7 heteroatoms. The first-order chi connectivity index (χ1) is 16.1. The zero-order chi connectivity index (χ0) is 23.5. The number of piperidine rings is 1. The number of imide groups is 1. The van der Waals surface area contributed by atoms with Crippen LogP contribution in [0, 0.1) is 11.8 Å². The van der Waals surface area contributed by atoms with Gasteiger partial charge in [-0.05, 0) is 43.5 Å². The average Bonchev–Trinajstić information content (AvgIpc) is 3.14. The summed E-state index contributed by atoms with van der Waals surface area (Å²) in [6.45, 7) is 5.92. The second kappa shape index (κ2) is 13.1. The van der Waals surface area contributed by atoms with Gasteiger partial charge in [0.25, 0.3) is 5.91 Å². The molecule has 2 N–H and O–H groups in total. The van der Waals surface area contributed by atoms with Crippen molar-refractivity contribution in [3.05, 3.63) is 34.9 Å². The van der Waals surface area contributed by atoms with Gasteiger partial charge in [-0.25, -0.2) is 0 Å². The number of nitrogens with one attached hydrogen (secondary N) is 2. The molecule has 0 bridgehead atoms. The Kier molecular flexibility index (Phi) is 9.92.